The summed E-state index contributed by atoms with van der Waals surface area (Å²) >= 11 is 5.96. The summed E-state index contributed by atoms with van der Waals surface area (Å²) < 4.78 is 12.9. The molecule has 1 unspecified atom stereocenters. The van der Waals surface area contributed by atoms with Gasteiger partial charge in [-0.25, -0.2) is 4.39 Å². The molecule has 0 spiro atoms. The van der Waals surface area contributed by atoms with Crippen LogP contribution < -0.4 is 5.32 Å². The highest BCUT2D eigenvalue weighted by atomic mass is 35.5. The molecule has 1 nitrogen and oxygen atoms in total. The van der Waals surface area contributed by atoms with Gasteiger partial charge >= 0.3 is 0 Å². The Morgan fingerprint density at radius 3 is 2.47 bits per heavy atom. The van der Waals surface area contributed by atoms with Crippen molar-refractivity contribution < 1.29 is 4.39 Å². The SMILES string of the molecule is CC(Nc1ccc(F)cc1Cl)c1ccccc1. The van der Waals surface area contributed by atoms with Crippen LogP contribution in [0.2, 0.25) is 5.02 Å². The molecule has 0 aromatic heterocycles. The first-order valence-corrected chi connectivity index (χ1v) is 5.81. The Labute approximate surface area is 105 Å². The molecule has 0 fully saturated rings. The fraction of sp³-hybridized carbons (Fsp3) is 0.143. The lowest BCUT2D eigenvalue weighted by atomic mass is 10.1. The number of halogens is 2. The van der Waals surface area contributed by atoms with Crippen LogP contribution in [0.4, 0.5) is 10.1 Å². The van der Waals surface area contributed by atoms with Crippen molar-refractivity contribution in [2.24, 2.45) is 0 Å². The van der Waals surface area contributed by atoms with E-state index in [1.807, 2.05) is 37.3 Å². The van der Waals surface area contributed by atoms with Gasteiger partial charge < -0.3 is 5.32 Å². The lowest BCUT2D eigenvalue weighted by Crippen LogP contribution is -2.06. The normalized spacial score (nSPS) is 12.2. The molecule has 2 aromatic carbocycles. The van der Waals surface area contributed by atoms with Crippen molar-refractivity contribution in [2.75, 3.05) is 5.32 Å². The van der Waals surface area contributed by atoms with Gasteiger partial charge in [0.2, 0.25) is 0 Å². The zero-order valence-corrected chi connectivity index (χ0v) is 10.2. The highest BCUT2D eigenvalue weighted by Crippen LogP contribution is 2.26. The van der Waals surface area contributed by atoms with E-state index in [2.05, 4.69) is 5.32 Å². The van der Waals surface area contributed by atoms with Gasteiger partial charge in [0, 0.05) is 6.04 Å². The first-order valence-electron chi connectivity index (χ1n) is 5.43. The summed E-state index contributed by atoms with van der Waals surface area (Å²) in [4.78, 5) is 0. The van der Waals surface area contributed by atoms with E-state index < -0.39 is 0 Å². The first kappa shape index (κ1) is 11.9. The van der Waals surface area contributed by atoms with Gasteiger partial charge in [0.05, 0.1) is 10.7 Å². The fourth-order valence-corrected chi connectivity index (χ4v) is 1.89. The van der Waals surface area contributed by atoms with E-state index in [1.54, 1.807) is 6.07 Å². The van der Waals surface area contributed by atoms with Gasteiger partial charge in [-0.05, 0) is 30.7 Å². The van der Waals surface area contributed by atoms with Gasteiger partial charge in [-0.1, -0.05) is 41.9 Å². The second-order valence-corrected chi connectivity index (χ2v) is 4.31. The van der Waals surface area contributed by atoms with Crippen molar-refractivity contribution in [1.82, 2.24) is 0 Å². The number of hydrogen-bond acceptors (Lipinski definition) is 1. The quantitative estimate of drug-likeness (QED) is 0.835. The minimum atomic E-state index is -0.326. The standard InChI is InChI=1S/C14H13ClFN/c1-10(11-5-3-2-4-6-11)17-14-8-7-12(16)9-13(14)15/h2-10,17H,1H3. The van der Waals surface area contributed by atoms with Crippen LogP contribution >= 0.6 is 11.6 Å². The summed E-state index contributed by atoms with van der Waals surface area (Å²) in [7, 11) is 0. The van der Waals surface area contributed by atoms with Crippen LogP contribution in [-0.4, -0.2) is 0 Å². The molecule has 0 amide bonds. The molecule has 17 heavy (non-hydrogen) atoms. The summed E-state index contributed by atoms with van der Waals surface area (Å²) in [6.07, 6.45) is 0. The average molecular weight is 250 g/mol. The molecule has 0 heterocycles. The Kier molecular flexibility index (Phi) is 3.64. The van der Waals surface area contributed by atoms with Gasteiger partial charge in [-0.3, -0.25) is 0 Å². The molecule has 0 bridgehead atoms. The molecule has 1 N–H and O–H groups in total. The molecule has 2 aromatic rings. The first-order chi connectivity index (χ1) is 8.16. The zero-order valence-electron chi connectivity index (χ0n) is 9.45. The van der Waals surface area contributed by atoms with Gasteiger partial charge in [-0.15, -0.1) is 0 Å². The monoisotopic (exact) mass is 249 g/mol. The second kappa shape index (κ2) is 5.19. The van der Waals surface area contributed by atoms with Crippen LogP contribution in [0.25, 0.3) is 0 Å². The van der Waals surface area contributed by atoms with Gasteiger partial charge in [0.15, 0.2) is 0 Å². The molecule has 0 aliphatic carbocycles. The zero-order chi connectivity index (χ0) is 12.3. The predicted octanol–water partition coefficient (Wildman–Crippen LogP) is 4.65. The van der Waals surface area contributed by atoms with E-state index in [-0.39, 0.29) is 11.9 Å². The smallest absolute Gasteiger partial charge is 0.124 e. The molecule has 0 aliphatic rings. The van der Waals surface area contributed by atoms with E-state index in [1.165, 1.54) is 12.1 Å². The minimum absolute atomic E-state index is 0.124. The molecule has 1 atom stereocenters. The molecule has 0 saturated carbocycles. The number of benzene rings is 2. The highest BCUT2D eigenvalue weighted by Gasteiger charge is 2.07. The summed E-state index contributed by atoms with van der Waals surface area (Å²) in [6.45, 7) is 2.04. The Morgan fingerprint density at radius 2 is 1.82 bits per heavy atom. The second-order valence-electron chi connectivity index (χ2n) is 3.90. The maximum atomic E-state index is 12.9. The molecule has 3 heteroatoms. The van der Waals surface area contributed by atoms with E-state index in [0.29, 0.717) is 5.02 Å². The summed E-state index contributed by atoms with van der Waals surface area (Å²) in [5.74, 6) is -0.326. The minimum Gasteiger partial charge on any atom is -0.377 e. The van der Waals surface area contributed by atoms with Crippen LogP contribution in [0.15, 0.2) is 48.5 Å². The number of hydrogen-bond donors (Lipinski definition) is 1. The largest absolute Gasteiger partial charge is 0.377 e. The van der Waals surface area contributed by atoms with E-state index in [4.69, 9.17) is 11.6 Å². The molecule has 0 aliphatic heterocycles. The Bertz CT molecular complexity index is 499. The predicted molar refractivity (Wildman–Crippen MR) is 69.9 cm³/mol. The van der Waals surface area contributed by atoms with Gasteiger partial charge in [-0.2, -0.15) is 0 Å². The third kappa shape index (κ3) is 2.98. The average Bonchev–Trinajstić information content (AvgIpc) is 2.34. The van der Waals surface area contributed by atoms with Crippen molar-refractivity contribution in [2.45, 2.75) is 13.0 Å². The maximum absolute atomic E-state index is 12.9. The third-order valence-electron chi connectivity index (χ3n) is 2.60. The fourth-order valence-electron chi connectivity index (χ4n) is 1.66. The lowest BCUT2D eigenvalue weighted by Gasteiger charge is -2.16. The Morgan fingerprint density at radius 1 is 1.12 bits per heavy atom. The van der Waals surface area contributed by atoms with Crippen LogP contribution in [0.3, 0.4) is 0 Å². The van der Waals surface area contributed by atoms with E-state index in [0.717, 1.165) is 11.3 Å². The molecular weight excluding hydrogens is 237 g/mol. The Balaban J connectivity index is 2.16. The highest BCUT2D eigenvalue weighted by molar-refractivity contribution is 6.33. The Hall–Kier alpha value is -1.54. The number of anilines is 1. The number of rotatable bonds is 3. The number of nitrogens with one attached hydrogen (secondary N) is 1. The molecular formula is C14H13ClFN. The van der Waals surface area contributed by atoms with Crippen molar-refractivity contribution >= 4 is 17.3 Å². The molecule has 0 saturated heterocycles. The van der Waals surface area contributed by atoms with Crippen LogP contribution in [0.1, 0.15) is 18.5 Å². The lowest BCUT2D eigenvalue weighted by molar-refractivity contribution is 0.628. The molecule has 2 rings (SSSR count). The summed E-state index contributed by atoms with van der Waals surface area (Å²) in [6, 6.07) is 14.5. The molecule has 88 valence electrons. The van der Waals surface area contributed by atoms with Gasteiger partial charge in [0.1, 0.15) is 5.82 Å². The van der Waals surface area contributed by atoms with Crippen molar-refractivity contribution in [3.63, 3.8) is 0 Å². The summed E-state index contributed by atoms with van der Waals surface area (Å²) in [5, 5.41) is 3.65. The van der Waals surface area contributed by atoms with Crippen molar-refractivity contribution in [3.05, 3.63) is 64.9 Å². The van der Waals surface area contributed by atoms with Gasteiger partial charge in [0.25, 0.3) is 0 Å². The summed E-state index contributed by atoms with van der Waals surface area (Å²) in [5.41, 5.74) is 1.90. The van der Waals surface area contributed by atoms with E-state index >= 15 is 0 Å². The van der Waals surface area contributed by atoms with Crippen LogP contribution in [0.5, 0.6) is 0 Å². The maximum Gasteiger partial charge on any atom is 0.124 e. The van der Waals surface area contributed by atoms with Crippen molar-refractivity contribution in [3.8, 4) is 0 Å². The topological polar surface area (TPSA) is 12.0 Å². The molecule has 0 radical (unpaired) electrons. The van der Waals surface area contributed by atoms with Crippen LogP contribution in [-0.2, 0) is 0 Å². The van der Waals surface area contributed by atoms with Crippen molar-refractivity contribution in [1.29, 1.82) is 0 Å². The van der Waals surface area contributed by atoms with E-state index in [9.17, 15) is 4.39 Å². The third-order valence-corrected chi connectivity index (χ3v) is 2.92. The van der Waals surface area contributed by atoms with Crippen LogP contribution in [0, 0.1) is 5.82 Å².